The number of hydrogen-bond acceptors (Lipinski definition) is 5. The zero-order chi connectivity index (χ0) is 25.7. The van der Waals surface area contributed by atoms with Crippen LogP contribution in [0.25, 0.3) is 33.5 Å². The first kappa shape index (κ1) is 25.0. The Bertz CT molecular complexity index is 1340. The first-order valence-corrected chi connectivity index (χ1v) is 13.0. The lowest BCUT2D eigenvalue weighted by molar-refractivity contribution is -0.104. The predicted octanol–water partition coefficient (Wildman–Crippen LogP) is 5.86. The summed E-state index contributed by atoms with van der Waals surface area (Å²) in [5.74, 6) is 0. The zero-order valence-electron chi connectivity index (χ0n) is 21.5. The molecular weight excluding hydrogens is 456 g/mol. The van der Waals surface area contributed by atoms with Gasteiger partial charge >= 0.3 is 0 Å². The van der Waals surface area contributed by atoms with Crippen LogP contribution in [0.3, 0.4) is 0 Å². The molecule has 5 heteroatoms. The van der Waals surface area contributed by atoms with Crippen molar-refractivity contribution in [1.82, 2.24) is 19.8 Å². The molecule has 0 amide bonds. The van der Waals surface area contributed by atoms with Gasteiger partial charge in [0.1, 0.15) is 6.29 Å². The van der Waals surface area contributed by atoms with Gasteiger partial charge in [-0.2, -0.15) is 0 Å². The molecule has 3 aromatic carbocycles. The van der Waals surface area contributed by atoms with Gasteiger partial charge < -0.3 is 4.90 Å². The maximum atomic E-state index is 9.06. The molecule has 0 N–H and O–H groups in total. The molecule has 6 rings (SSSR count). The molecule has 2 aliphatic heterocycles. The largest absolute Gasteiger partial charge is 0.306 e. The van der Waals surface area contributed by atoms with E-state index in [0.29, 0.717) is 11.7 Å². The van der Waals surface area contributed by atoms with E-state index in [1.807, 2.05) is 30.3 Å². The van der Waals surface area contributed by atoms with Gasteiger partial charge in [0.15, 0.2) is 0 Å². The van der Waals surface area contributed by atoms with Crippen LogP contribution in [0.2, 0.25) is 0 Å². The molecule has 188 valence electrons. The number of carbonyl (C=O) groups is 1. The molecule has 0 saturated carbocycles. The van der Waals surface area contributed by atoms with Gasteiger partial charge in [-0.15, -0.1) is 0 Å². The summed E-state index contributed by atoms with van der Waals surface area (Å²) >= 11 is 0. The monoisotopic (exact) mass is 490 g/mol. The number of likely N-dealkylation sites (tertiary alicyclic amines) is 2. The van der Waals surface area contributed by atoms with Crippen LogP contribution < -0.4 is 0 Å². The van der Waals surface area contributed by atoms with E-state index in [-0.39, 0.29) is 0 Å². The molecule has 2 aliphatic rings. The molecule has 0 unspecified atom stereocenters. The quantitative estimate of drug-likeness (QED) is 0.259. The Hall–Kier alpha value is -3.67. The van der Waals surface area contributed by atoms with Gasteiger partial charge in [0.25, 0.3) is 0 Å². The number of para-hydroxylation sites is 2. The molecule has 0 bridgehead atoms. The Labute approximate surface area is 219 Å². The Morgan fingerprint density at radius 1 is 0.811 bits per heavy atom. The first-order chi connectivity index (χ1) is 18.1. The minimum Gasteiger partial charge on any atom is -0.306 e. The maximum Gasteiger partial charge on any atom is 0.142 e. The van der Waals surface area contributed by atoms with Gasteiger partial charge in [0.2, 0.25) is 0 Å². The number of aromatic nitrogens is 2. The second-order valence-electron chi connectivity index (χ2n) is 10.3. The molecule has 2 saturated heterocycles. The van der Waals surface area contributed by atoms with Crippen LogP contribution in [0, 0.1) is 5.41 Å². The fraction of sp³-hybridized carbons (Fsp3) is 0.281. The number of carbonyl (C=O) groups excluding carboxylic acids is 1. The molecule has 0 atom stereocenters. The fourth-order valence-corrected chi connectivity index (χ4v) is 5.45. The summed E-state index contributed by atoms with van der Waals surface area (Å²) in [6.07, 6.45) is 4.53. The van der Waals surface area contributed by atoms with Crippen LogP contribution in [-0.2, 0) is 11.3 Å². The maximum absolute atomic E-state index is 9.06. The third-order valence-corrected chi connectivity index (χ3v) is 7.51. The van der Waals surface area contributed by atoms with Gasteiger partial charge in [-0.3, -0.25) is 9.69 Å². The van der Waals surface area contributed by atoms with Crippen molar-refractivity contribution in [2.24, 2.45) is 5.41 Å². The van der Waals surface area contributed by atoms with E-state index in [9.17, 15) is 0 Å². The Morgan fingerprint density at radius 2 is 1.32 bits per heavy atom. The third-order valence-electron chi connectivity index (χ3n) is 7.51. The van der Waals surface area contributed by atoms with E-state index in [1.165, 1.54) is 50.7 Å². The van der Waals surface area contributed by atoms with Crippen molar-refractivity contribution < 1.29 is 4.79 Å². The standard InChI is InChI=1S/C29H30N4.C3H4O/c1-32-17-15-29(16-18-32)20-33(21-29)19-22-11-13-24(14-12-22)28-27(23-7-3-2-4-8-23)30-25-9-5-6-10-26(25)31-28;1-2-3-4/h2-14H,15-21H2,1H3;2-3H,1H2. The molecule has 5 nitrogen and oxygen atoms in total. The lowest BCUT2D eigenvalue weighted by Gasteiger charge is -2.54. The van der Waals surface area contributed by atoms with E-state index in [1.54, 1.807) is 0 Å². The van der Waals surface area contributed by atoms with Gasteiger partial charge in [-0.05, 0) is 62.2 Å². The third kappa shape index (κ3) is 5.68. The van der Waals surface area contributed by atoms with Crippen LogP contribution in [0.5, 0.6) is 0 Å². The molecule has 4 aromatic rings. The summed E-state index contributed by atoms with van der Waals surface area (Å²) in [6.45, 7) is 9.14. The molecule has 1 aromatic heterocycles. The minimum absolute atomic E-state index is 0.581. The molecule has 3 heterocycles. The number of piperidine rings is 1. The number of allylic oxidation sites excluding steroid dienone is 1. The highest BCUT2D eigenvalue weighted by atomic mass is 16.1. The number of nitrogens with zero attached hydrogens (tertiary/aromatic N) is 4. The van der Waals surface area contributed by atoms with Gasteiger partial charge in [-0.25, -0.2) is 9.97 Å². The summed E-state index contributed by atoms with van der Waals surface area (Å²) in [6, 6.07) is 27.5. The van der Waals surface area contributed by atoms with E-state index < -0.39 is 0 Å². The van der Waals surface area contributed by atoms with Crippen molar-refractivity contribution in [1.29, 1.82) is 0 Å². The molecule has 0 aliphatic carbocycles. The second kappa shape index (κ2) is 11.2. The Morgan fingerprint density at radius 3 is 1.86 bits per heavy atom. The van der Waals surface area contributed by atoms with Crippen LogP contribution in [0.1, 0.15) is 18.4 Å². The number of rotatable bonds is 5. The molecule has 2 fully saturated rings. The molecule has 1 spiro atoms. The first-order valence-electron chi connectivity index (χ1n) is 13.0. The Kier molecular flexibility index (Phi) is 7.54. The fourth-order valence-electron chi connectivity index (χ4n) is 5.45. The summed E-state index contributed by atoms with van der Waals surface area (Å²) in [5.41, 5.74) is 7.91. The average molecular weight is 491 g/mol. The highest BCUT2D eigenvalue weighted by Gasteiger charge is 2.43. The smallest absolute Gasteiger partial charge is 0.142 e. The van der Waals surface area contributed by atoms with Crippen LogP contribution in [0.4, 0.5) is 0 Å². The summed E-state index contributed by atoms with van der Waals surface area (Å²) in [7, 11) is 2.24. The van der Waals surface area contributed by atoms with Gasteiger partial charge in [-0.1, -0.05) is 73.3 Å². The van der Waals surface area contributed by atoms with Crippen molar-refractivity contribution in [3.63, 3.8) is 0 Å². The normalized spacial score (nSPS) is 17.0. The molecular formula is C32H34N4O. The van der Waals surface area contributed by atoms with Crippen molar-refractivity contribution in [3.8, 4) is 22.5 Å². The molecule has 37 heavy (non-hydrogen) atoms. The SMILES string of the molecule is C=CC=O.CN1CCC2(CC1)CN(Cc1ccc(-c3nc4ccccc4nc3-c3ccccc3)cc1)C2. The van der Waals surface area contributed by atoms with Gasteiger partial charge in [0.05, 0.1) is 22.4 Å². The summed E-state index contributed by atoms with van der Waals surface area (Å²) in [5, 5.41) is 0. The van der Waals surface area contributed by atoms with E-state index >= 15 is 0 Å². The van der Waals surface area contributed by atoms with Gasteiger partial charge in [0, 0.05) is 30.8 Å². The predicted molar refractivity (Wildman–Crippen MR) is 151 cm³/mol. The van der Waals surface area contributed by atoms with Crippen molar-refractivity contribution in [2.75, 3.05) is 33.2 Å². The zero-order valence-corrected chi connectivity index (χ0v) is 21.5. The van der Waals surface area contributed by atoms with Crippen molar-refractivity contribution in [3.05, 3.63) is 97.1 Å². The topological polar surface area (TPSA) is 49.3 Å². The van der Waals surface area contributed by atoms with E-state index in [4.69, 9.17) is 14.8 Å². The number of hydrogen-bond donors (Lipinski definition) is 0. The number of benzene rings is 3. The minimum atomic E-state index is 0.581. The average Bonchev–Trinajstić information content (AvgIpc) is 2.94. The van der Waals surface area contributed by atoms with Crippen LogP contribution in [-0.4, -0.2) is 59.3 Å². The Balaban J connectivity index is 0.000000655. The van der Waals surface area contributed by atoms with E-state index in [2.05, 4.69) is 72.0 Å². The lowest BCUT2D eigenvalue weighted by Crippen LogP contribution is -2.59. The highest BCUT2D eigenvalue weighted by Crippen LogP contribution is 2.41. The van der Waals surface area contributed by atoms with E-state index in [0.717, 1.165) is 40.1 Å². The molecule has 0 radical (unpaired) electrons. The summed E-state index contributed by atoms with van der Waals surface area (Å²) in [4.78, 5) is 24.1. The second-order valence-corrected chi connectivity index (χ2v) is 10.3. The number of fused-ring (bicyclic) bond motifs is 1. The van der Waals surface area contributed by atoms with Crippen molar-refractivity contribution in [2.45, 2.75) is 19.4 Å². The highest BCUT2D eigenvalue weighted by molar-refractivity contribution is 5.86. The summed E-state index contributed by atoms with van der Waals surface area (Å²) < 4.78 is 0. The lowest BCUT2D eigenvalue weighted by atomic mass is 9.72. The van der Waals surface area contributed by atoms with Crippen LogP contribution in [0.15, 0.2) is 91.5 Å². The van der Waals surface area contributed by atoms with Crippen LogP contribution >= 0.6 is 0 Å². The van der Waals surface area contributed by atoms with Crippen molar-refractivity contribution >= 4 is 17.3 Å². The number of aldehydes is 1.